The highest BCUT2D eigenvalue weighted by molar-refractivity contribution is 6.02. The maximum Gasteiger partial charge on any atom is 0.225 e. The summed E-state index contributed by atoms with van der Waals surface area (Å²) in [6.07, 6.45) is 1.11. The number of carbonyl (C=O) groups is 2. The molecule has 1 N–H and O–H groups in total. The number of Topliss-reactive ketones (excluding diaryl/α,β-unsaturated/α-hetero) is 1. The summed E-state index contributed by atoms with van der Waals surface area (Å²) >= 11 is 0. The Morgan fingerprint density at radius 1 is 0.844 bits per heavy atom. The molecule has 1 aliphatic carbocycles. The van der Waals surface area contributed by atoms with Crippen molar-refractivity contribution in [3.05, 3.63) is 58.8 Å². The lowest BCUT2D eigenvalue weighted by Crippen LogP contribution is -2.38. The Morgan fingerprint density at radius 3 is 2.31 bits per heavy atom. The first-order chi connectivity index (χ1) is 15.5. The number of amides is 1. The van der Waals surface area contributed by atoms with Gasteiger partial charge in [-0.3, -0.25) is 9.59 Å². The number of nitrogens with one attached hydrogen (secondary N) is 1. The normalized spacial score (nSPS) is 20.4. The smallest absolute Gasteiger partial charge is 0.225 e. The summed E-state index contributed by atoms with van der Waals surface area (Å²) in [5, 5.41) is 2.96. The fourth-order valence-electron chi connectivity index (χ4n) is 4.76. The molecule has 0 aromatic heterocycles. The molecule has 0 radical (unpaired) electrons. The molecule has 7 nitrogen and oxygen atoms in total. The standard InChI is InChI=1S/C25H27NO6/c1-29-16-7-5-6-14(10-16)15-11-19-23(20(27)12-15)18(13-22(28)26-19)17-8-9-21(30-2)25(32-4)24(17)31-3/h5-10,15,18H,11-13H2,1-4H3,(H,26,28). The number of rotatable bonds is 6. The molecule has 0 spiro atoms. The second-order valence-corrected chi connectivity index (χ2v) is 7.93. The van der Waals surface area contributed by atoms with Crippen molar-refractivity contribution in [2.24, 2.45) is 0 Å². The summed E-state index contributed by atoms with van der Waals surface area (Å²) in [5.74, 6) is 1.66. The molecular formula is C25H27NO6. The minimum Gasteiger partial charge on any atom is -0.497 e. The summed E-state index contributed by atoms with van der Waals surface area (Å²) in [6.45, 7) is 0. The van der Waals surface area contributed by atoms with Crippen LogP contribution in [0, 0.1) is 0 Å². The number of carbonyl (C=O) groups excluding carboxylic acids is 2. The van der Waals surface area contributed by atoms with Crippen LogP contribution in [0.5, 0.6) is 23.0 Å². The van der Waals surface area contributed by atoms with Crippen molar-refractivity contribution in [1.29, 1.82) is 0 Å². The summed E-state index contributed by atoms with van der Waals surface area (Å²) in [6, 6.07) is 11.3. The molecule has 0 saturated carbocycles. The first-order valence-corrected chi connectivity index (χ1v) is 10.5. The van der Waals surface area contributed by atoms with Gasteiger partial charge in [-0.2, -0.15) is 0 Å². The molecule has 0 fully saturated rings. The van der Waals surface area contributed by atoms with Crippen molar-refractivity contribution in [2.45, 2.75) is 31.1 Å². The highest BCUT2D eigenvalue weighted by atomic mass is 16.5. The molecule has 168 valence electrons. The lowest BCUT2D eigenvalue weighted by molar-refractivity contribution is -0.122. The van der Waals surface area contributed by atoms with Crippen LogP contribution in [0.25, 0.3) is 0 Å². The molecule has 1 heterocycles. The number of benzene rings is 2. The maximum absolute atomic E-state index is 13.4. The predicted octanol–water partition coefficient (Wildman–Crippen LogP) is 3.73. The summed E-state index contributed by atoms with van der Waals surface area (Å²) in [5.41, 5.74) is 3.09. The second kappa shape index (κ2) is 8.94. The Bertz CT molecular complexity index is 1090. The first-order valence-electron chi connectivity index (χ1n) is 10.5. The van der Waals surface area contributed by atoms with E-state index in [-0.39, 0.29) is 24.0 Å². The molecule has 0 saturated heterocycles. The molecule has 2 unspecified atom stereocenters. The summed E-state index contributed by atoms with van der Waals surface area (Å²) < 4.78 is 21.9. The lowest BCUT2D eigenvalue weighted by atomic mass is 9.73. The van der Waals surface area contributed by atoms with Crippen molar-refractivity contribution in [1.82, 2.24) is 5.32 Å². The van der Waals surface area contributed by atoms with Gasteiger partial charge in [-0.15, -0.1) is 0 Å². The van der Waals surface area contributed by atoms with Crippen LogP contribution in [0.2, 0.25) is 0 Å². The quantitative estimate of drug-likeness (QED) is 0.742. The van der Waals surface area contributed by atoms with Gasteiger partial charge in [-0.25, -0.2) is 0 Å². The molecule has 2 aromatic rings. The van der Waals surface area contributed by atoms with E-state index in [0.29, 0.717) is 41.4 Å². The highest BCUT2D eigenvalue weighted by Gasteiger charge is 2.40. The predicted molar refractivity (Wildman–Crippen MR) is 119 cm³/mol. The third-order valence-corrected chi connectivity index (χ3v) is 6.21. The van der Waals surface area contributed by atoms with E-state index >= 15 is 0 Å². The van der Waals surface area contributed by atoms with E-state index in [9.17, 15) is 9.59 Å². The van der Waals surface area contributed by atoms with Gasteiger partial charge in [0.25, 0.3) is 0 Å². The van der Waals surface area contributed by atoms with Gasteiger partial charge >= 0.3 is 0 Å². The van der Waals surface area contributed by atoms with Gasteiger partial charge in [0.1, 0.15) is 5.75 Å². The molecular weight excluding hydrogens is 410 g/mol. The molecule has 2 aliphatic rings. The average Bonchev–Trinajstić information content (AvgIpc) is 2.81. The number of hydrogen-bond acceptors (Lipinski definition) is 6. The second-order valence-electron chi connectivity index (χ2n) is 7.93. The maximum atomic E-state index is 13.4. The minimum atomic E-state index is -0.410. The van der Waals surface area contributed by atoms with Crippen LogP contribution in [0.15, 0.2) is 47.7 Å². The molecule has 32 heavy (non-hydrogen) atoms. The largest absolute Gasteiger partial charge is 0.497 e. The molecule has 4 rings (SSSR count). The third-order valence-electron chi connectivity index (χ3n) is 6.21. The third kappa shape index (κ3) is 3.79. The molecule has 2 atom stereocenters. The number of hydrogen-bond donors (Lipinski definition) is 1. The molecule has 0 bridgehead atoms. The van der Waals surface area contributed by atoms with E-state index in [2.05, 4.69) is 5.32 Å². The Labute approximate surface area is 187 Å². The van der Waals surface area contributed by atoms with E-state index < -0.39 is 5.92 Å². The zero-order valence-electron chi connectivity index (χ0n) is 18.7. The Kier molecular flexibility index (Phi) is 6.08. The fourth-order valence-corrected chi connectivity index (χ4v) is 4.76. The number of ether oxygens (including phenoxy) is 4. The summed E-state index contributed by atoms with van der Waals surface area (Å²) in [4.78, 5) is 26.1. The van der Waals surface area contributed by atoms with E-state index in [0.717, 1.165) is 16.9 Å². The van der Waals surface area contributed by atoms with Gasteiger partial charge in [0.15, 0.2) is 17.3 Å². The van der Waals surface area contributed by atoms with Crippen molar-refractivity contribution in [3.63, 3.8) is 0 Å². The Balaban J connectivity index is 1.77. The molecule has 1 amide bonds. The number of allylic oxidation sites excluding steroid dienone is 2. The van der Waals surface area contributed by atoms with Crippen LogP contribution < -0.4 is 24.3 Å². The van der Waals surface area contributed by atoms with Crippen LogP contribution in [0.1, 0.15) is 42.2 Å². The van der Waals surface area contributed by atoms with Gasteiger partial charge in [-0.1, -0.05) is 18.2 Å². The van der Waals surface area contributed by atoms with Crippen LogP contribution in [-0.2, 0) is 9.59 Å². The zero-order valence-corrected chi connectivity index (χ0v) is 18.7. The van der Waals surface area contributed by atoms with Crippen molar-refractivity contribution >= 4 is 11.7 Å². The van der Waals surface area contributed by atoms with E-state index in [1.807, 2.05) is 30.3 Å². The number of ketones is 1. The average molecular weight is 437 g/mol. The van der Waals surface area contributed by atoms with Crippen molar-refractivity contribution < 1.29 is 28.5 Å². The van der Waals surface area contributed by atoms with Crippen LogP contribution in [-0.4, -0.2) is 40.1 Å². The topological polar surface area (TPSA) is 83.1 Å². The molecule has 2 aromatic carbocycles. The lowest BCUT2D eigenvalue weighted by Gasteiger charge is -2.35. The first kappa shape index (κ1) is 21.7. The van der Waals surface area contributed by atoms with Crippen LogP contribution in [0.4, 0.5) is 0 Å². The van der Waals surface area contributed by atoms with Gasteiger partial charge in [0.05, 0.1) is 28.4 Å². The van der Waals surface area contributed by atoms with Crippen LogP contribution in [0.3, 0.4) is 0 Å². The van der Waals surface area contributed by atoms with Gasteiger partial charge in [-0.05, 0) is 36.1 Å². The van der Waals surface area contributed by atoms with Crippen LogP contribution >= 0.6 is 0 Å². The highest BCUT2D eigenvalue weighted by Crippen LogP contribution is 2.49. The molecule has 7 heteroatoms. The van der Waals surface area contributed by atoms with Gasteiger partial charge in [0.2, 0.25) is 11.7 Å². The van der Waals surface area contributed by atoms with Gasteiger partial charge in [0, 0.05) is 35.6 Å². The Morgan fingerprint density at radius 2 is 1.62 bits per heavy atom. The van der Waals surface area contributed by atoms with E-state index in [4.69, 9.17) is 18.9 Å². The van der Waals surface area contributed by atoms with Gasteiger partial charge < -0.3 is 24.3 Å². The summed E-state index contributed by atoms with van der Waals surface area (Å²) in [7, 11) is 6.25. The SMILES string of the molecule is COc1cccc(C2CC(=O)C3=C(C2)NC(=O)CC3c2ccc(OC)c(OC)c2OC)c1. The monoisotopic (exact) mass is 437 g/mol. The fraction of sp³-hybridized carbons (Fsp3) is 0.360. The zero-order chi connectivity index (χ0) is 22.8. The van der Waals surface area contributed by atoms with E-state index in [1.165, 1.54) is 7.11 Å². The number of methoxy groups -OCH3 is 4. The van der Waals surface area contributed by atoms with Crippen molar-refractivity contribution in [3.8, 4) is 23.0 Å². The van der Waals surface area contributed by atoms with Crippen molar-refractivity contribution in [2.75, 3.05) is 28.4 Å². The Hall–Kier alpha value is -3.48. The molecule has 1 aliphatic heterocycles. The van der Waals surface area contributed by atoms with E-state index in [1.54, 1.807) is 27.4 Å². The minimum absolute atomic E-state index is 0.0253.